The van der Waals surface area contributed by atoms with Crippen LogP contribution in [0.3, 0.4) is 0 Å². The molecule has 2 aromatic carbocycles. The zero-order valence-electron chi connectivity index (χ0n) is 19.1. The van der Waals surface area contributed by atoms with Crippen molar-refractivity contribution in [3.63, 3.8) is 0 Å². The fourth-order valence-corrected chi connectivity index (χ4v) is 5.36. The number of hydrogen-bond donors (Lipinski definition) is 0. The quantitative estimate of drug-likeness (QED) is 0.482. The molecule has 0 spiro atoms. The van der Waals surface area contributed by atoms with Crippen molar-refractivity contribution in [3.05, 3.63) is 82.2 Å². The van der Waals surface area contributed by atoms with E-state index in [1.165, 1.54) is 11.1 Å². The lowest BCUT2D eigenvalue weighted by atomic mass is 10.1. The van der Waals surface area contributed by atoms with E-state index >= 15 is 0 Å². The monoisotopic (exact) mass is 449 g/mol. The zero-order chi connectivity index (χ0) is 22.5. The maximum absolute atomic E-state index is 13.5. The number of benzene rings is 2. The highest BCUT2D eigenvalue weighted by atomic mass is 32.2. The van der Waals surface area contributed by atoms with Gasteiger partial charge in [0.2, 0.25) is 0 Å². The third kappa shape index (κ3) is 5.25. The van der Waals surface area contributed by atoms with Gasteiger partial charge < -0.3 is 9.42 Å². The topological polar surface area (TPSA) is 49.6 Å². The van der Waals surface area contributed by atoms with Crippen LogP contribution in [0.2, 0.25) is 0 Å². The summed E-state index contributed by atoms with van der Waals surface area (Å²) in [7, 11) is 0. The summed E-state index contributed by atoms with van der Waals surface area (Å²) in [5, 5.41) is 4.04. The molecular weight excluding hydrogens is 418 g/mol. The van der Waals surface area contributed by atoms with Gasteiger partial charge in [0.25, 0.3) is 5.91 Å². The van der Waals surface area contributed by atoms with Gasteiger partial charge in [0.05, 0.1) is 11.3 Å². The highest BCUT2D eigenvalue weighted by molar-refractivity contribution is 7.98. The van der Waals surface area contributed by atoms with Crippen LogP contribution in [-0.4, -0.2) is 47.0 Å². The summed E-state index contributed by atoms with van der Waals surface area (Å²) in [4.78, 5) is 19.0. The van der Waals surface area contributed by atoms with Gasteiger partial charge in [-0.25, -0.2) is 0 Å². The van der Waals surface area contributed by atoms with Crippen LogP contribution < -0.4 is 0 Å². The van der Waals surface area contributed by atoms with Crippen molar-refractivity contribution in [2.75, 3.05) is 26.2 Å². The smallest absolute Gasteiger partial charge is 0.255 e. The van der Waals surface area contributed by atoms with Gasteiger partial charge >= 0.3 is 0 Å². The molecule has 1 fully saturated rings. The van der Waals surface area contributed by atoms with E-state index < -0.39 is 0 Å². The van der Waals surface area contributed by atoms with Gasteiger partial charge in [0, 0.05) is 48.9 Å². The molecule has 1 saturated heterocycles. The maximum atomic E-state index is 13.5. The van der Waals surface area contributed by atoms with E-state index in [1.807, 2.05) is 43.0 Å². The molecule has 1 aliphatic rings. The molecule has 0 N–H and O–H groups in total. The molecule has 0 unspecified atom stereocenters. The normalized spacial score (nSPS) is 15.0. The first-order valence-corrected chi connectivity index (χ1v) is 12.2. The molecule has 4 rings (SSSR count). The van der Waals surface area contributed by atoms with Gasteiger partial charge in [-0.05, 0) is 50.5 Å². The summed E-state index contributed by atoms with van der Waals surface area (Å²) in [5.74, 6) is 1.72. The summed E-state index contributed by atoms with van der Waals surface area (Å²) >= 11 is 1.68. The van der Waals surface area contributed by atoms with Crippen LogP contribution in [-0.2, 0) is 12.3 Å². The molecule has 0 saturated carbocycles. The average molecular weight is 450 g/mol. The molecule has 0 radical (unpaired) electrons. The third-order valence-electron chi connectivity index (χ3n) is 6.20. The van der Waals surface area contributed by atoms with Crippen molar-refractivity contribution < 1.29 is 9.32 Å². The number of amides is 1. The van der Waals surface area contributed by atoms with Crippen molar-refractivity contribution in [2.24, 2.45) is 0 Å². The van der Waals surface area contributed by atoms with Crippen LogP contribution in [0.25, 0.3) is 0 Å². The molecule has 1 amide bonds. The molecule has 6 heteroatoms. The Balaban J connectivity index is 1.41. The van der Waals surface area contributed by atoms with Gasteiger partial charge in [0.15, 0.2) is 0 Å². The Morgan fingerprint density at radius 2 is 1.78 bits per heavy atom. The van der Waals surface area contributed by atoms with Crippen LogP contribution >= 0.6 is 11.8 Å². The first-order chi connectivity index (χ1) is 15.5. The summed E-state index contributed by atoms with van der Waals surface area (Å²) in [6.07, 6.45) is 0.992. The van der Waals surface area contributed by atoms with E-state index in [9.17, 15) is 4.79 Å². The SMILES string of the molecule is Cc1ccccc1CN1CCCN(C(=O)c2ccccc2SCc2c(C)noc2C)CC1. The number of carbonyl (C=O) groups excluding carboxylic acids is 1. The summed E-state index contributed by atoms with van der Waals surface area (Å²) < 4.78 is 5.29. The van der Waals surface area contributed by atoms with Gasteiger partial charge in [0.1, 0.15) is 5.76 Å². The third-order valence-corrected chi connectivity index (χ3v) is 7.30. The Hall–Kier alpha value is -2.57. The van der Waals surface area contributed by atoms with Crippen molar-refractivity contribution in [3.8, 4) is 0 Å². The second-order valence-electron chi connectivity index (χ2n) is 8.44. The van der Waals surface area contributed by atoms with E-state index in [0.29, 0.717) is 0 Å². The summed E-state index contributed by atoms with van der Waals surface area (Å²) in [6.45, 7) is 10.5. The van der Waals surface area contributed by atoms with Crippen LogP contribution in [0.1, 0.15) is 44.9 Å². The second kappa shape index (κ2) is 10.4. The number of thioether (sulfide) groups is 1. The van der Waals surface area contributed by atoms with Gasteiger partial charge in [-0.3, -0.25) is 9.69 Å². The van der Waals surface area contributed by atoms with E-state index in [2.05, 4.69) is 41.2 Å². The van der Waals surface area contributed by atoms with E-state index in [1.54, 1.807) is 11.8 Å². The van der Waals surface area contributed by atoms with E-state index in [-0.39, 0.29) is 5.91 Å². The number of aryl methyl sites for hydroxylation is 3. The first kappa shape index (κ1) is 22.6. The molecule has 0 bridgehead atoms. The number of nitrogens with zero attached hydrogens (tertiary/aromatic N) is 3. The van der Waals surface area contributed by atoms with E-state index in [4.69, 9.17) is 4.52 Å². The number of carbonyl (C=O) groups is 1. The van der Waals surface area contributed by atoms with Crippen LogP contribution in [0, 0.1) is 20.8 Å². The molecule has 5 nitrogen and oxygen atoms in total. The van der Waals surface area contributed by atoms with Crippen LogP contribution in [0.4, 0.5) is 0 Å². The fourth-order valence-electron chi connectivity index (χ4n) is 4.16. The van der Waals surface area contributed by atoms with Crippen LogP contribution in [0.15, 0.2) is 57.9 Å². The lowest BCUT2D eigenvalue weighted by molar-refractivity contribution is 0.0757. The highest BCUT2D eigenvalue weighted by Gasteiger charge is 2.23. The van der Waals surface area contributed by atoms with Crippen molar-refractivity contribution in [1.82, 2.24) is 15.0 Å². The maximum Gasteiger partial charge on any atom is 0.255 e. The Morgan fingerprint density at radius 3 is 2.56 bits per heavy atom. The molecule has 2 heterocycles. The molecule has 0 atom stereocenters. The summed E-state index contributed by atoms with van der Waals surface area (Å²) in [5.41, 5.74) is 5.51. The molecule has 3 aromatic rings. The van der Waals surface area contributed by atoms with Crippen molar-refractivity contribution in [2.45, 2.75) is 44.4 Å². The van der Waals surface area contributed by atoms with Gasteiger partial charge in [-0.15, -0.1) is 11.8 Å². The van der Waals surface area contributed by atoms with Crippen molar-refractivity contribution in [1.29, 1.82) is 0 Å². The molecule has 0 aliphatic carbocycles. The Kier molecular flexibility index (Phi) is 7.33. The molecule has 1 aliphatic heterocycles. The van der Waals surface area contributed by atoms with Gasteiger partial charge in [-0.1, -0.05) is 41.6 Å². The fraction of sp³-hybridized carbons (Fsp3) is 0.385. The van der Waals surface area contributed by atoms with Crippen molar-refractivity contribution >= 4 is 17.7 Å². The minimum Gasteiger partial charge on any atom is -0.361 e. The van der Waals surface area contributed by atoms with E-state index in [0.717, 1.165) is 72.4 Å². The average Bonchev–Trinajstić information content (AvgIpc) is 2.98. The Bertz CT molecular complexity index is 1060. The first-order valence-electron chi connectivity index (χ1n) is 11.2. The Morgan fingerprint density at radius 1 is 1.00 bits per heavy atom. The minimum atomic E-state index is 0.129. The van der Waals surface area contributed by atoms with Gasteiger partial charge in [-0.2, -0.15) is 0 Å². The predicted molar refractivity (Wildman–Crippen MR) is 129 cm³/mol. The summed E-state index contributed by atoms with van der Waals surface area (Å²) in [6, 6.07) is 16.5. The standard InChI is InChI=1S/C26H31N3O2S/c1-19-9-4-5-10-22(19)17-28-13-8-14-29(16-15-28)26(30)23-11-6-7-12-25(23)32-18-24-20(2)27-31-21(24)3/h4-7,9-12H,8,13-18H2,1-3H3. The number of rotatable bonds is 6. The number of aromatic nitrogens is 1. The second-order valence-corrected chi connectivity index (χ2v) is 9.45. The molecule has 32 heavy (non-hydrogen) atoms. The minimum absolute atomic E-state index is 0.129. The molecule has 1 aromatic heterocycles. The number of hydrogen-bond acceptors (Lipinski definition) is 5. The van der Waals surface area contributed by atoms with Crippen LogP contribution in [0.5, 0.6) is 0 Å². The largest absolute Gasteiger partial charge is 0.361 e. The molecular formula is C26H31N3O2S. The zero-order valence-corrected chi connectivity index (χ0v) is 20.0. The lowest BCUT2D eigenvalue weighted by Crippen LogP contribution is -2.35. The predicted octanol–water partition coefficient (Wildman–Crippen LogP) is 5.24. The Labute approximate surface area is 194 Å². The highest BCUT2D eigenvalue weighted by Crippen LogP contribution is 2.29. The molecule has 168 valence electrons. The lowest BCUT2D eigenvalue weighted by Gasteiger charge is -2.23.